The normalized spacial score (nSPS) is 18.7. The van der Waals surface area contributed by atoms with Crippen molar-refractivity contribution < 1.29 is 8.42 Å². The molecule has 0 bridgehead atoms. The number of sulfonamides is 1. The zero-order chi connectivity index (χ0) is 21.7. The van der Waals surface area contributed by atoms with Crippen LogP contribution in [0.15, 0.2) is 70.6 Å². The molecule has 4 rings (SSSR count). The van der Waals surface area contributed by atoms with Crippen molar-refractivity contribution in [3.8, 4) is 0 Å². The zero-order valence-electron chi connectivity index (χ0n) is 17.9. The number of rotatable bonds is 7. The van der Waals surface area contributed by atoms with Crippen LogP contribution in [0, 0.1) is 0 Å². The van der Waals surface area contributed by atoms with Gasteiger partial charge in [-0.1, -0.05) is 74.0 Å². The van der Waals surface area contributed by atoms with Crippen molar-refractivity contribution in [3.05, 3.63) is 71.8 Å². The van der Waals surface area contributed by atoms with E-state index in [1.54, 1.807) is 16.1 Å². The fourth-order valence-corrected chi connectivity index (χ4v) is 6.64. The van der Waals surface area contributed by atoms with E-state index in [2.05, 4.69) is 19.1 Å². The third-order valence-electron chi connectivity index (χ3n) is 5.72. The lowest BCUT2D eigenvalue weighted by atomic mass is 10.00. The van der Waals surface area contributed by atoms with E-state index in [9.17, 15) is 8.42 Å². The van der Waals surface area contributed by atoms with Crippen molar-refractivity contribution in [2.75, 3.05) is 18.8 Å². The molecule has 2 heterocycles. The highest BCUT2D eigenvalue weighted by Gasteiger charge is 2.42. The second-order valence-corrected chi connectivity index (χ2v) is 11.1. The largest absolute Gasteiger partial charge is 0.252 e. The maximum atomic E-state index is 12.9. The van der Waals surface area contributed by atoms with Crippen LogP contribution in [0.2, 0.25) is 0 Å². The van der Waals surface area contributed by atoms with Crippen molar-refractivity contribution >= 4 is 32.5 Å². The van der Waals surface area contributed by atoms with Crippen LogP contribution in [0.3, 0.4) is 0 Å². The number of unbranched alkanes of at least 4 members (excludes halogenated alkanes) is 1. The summed E-state index contributed by atoms with van der Waals surface area (Å²) in [7, 11) is -3.35. The molecule has 2 aliphatic heterocycles. The van der Waals surface area contributed by atoms with Crippen LogP contribution in [0.5, 0.6) is 0 Å². The van der Waals surface area contributed by atoms with Crippen molar-refractivity contribution in [2.24, 2.45) is 9.98 Å². The van der Waals surface area contributed by atoms with Gasteiger partial charge in [-0.3, -0.25) is 4.99 Å². The first kappa shape index (κ1) is 22.2. The number of benzene rings is 2. The van der Waals surface area contributed by atoms with Gasteiger partial charge in [-0.15, -0.1) is 11.8 Å². The van der Waals surface area contributed by atoms with Gasteiger partial charge in [-0.2, -0.15) is 0 Å². The van der Waals surface area contributed by atoms with E-state index in [1.165, 1.54) is 0 Å². The predicted molar refractivity (Wildman–Crippen MR) is 130 cm³/mol. The third kappa shape index (κ3) is 5.27. The molecule has 31 heavy (non-hydrogen) atoms. The molecule has 2 aliphatic rings. The Bertz CT molecular complexity index is 1040. The first-order chi connectivity index (χ1) is 15.0. The van der Waals surface area contributed by atoms with E-state index in [0.717, 1.165) is 40.5 Å². The summed E-state index contributed by atoms with van der Waals surface area (Å²) in [5.41, 5.74) is 2.34. The maximum Gasteiger partial charge on any atom is 0.218 e. The number of nitrogens with zero attached hydrogens (tertiary/aromatic N) is 3. The molecule has 1 spiro atoms. The average molecular weight is 456 g/mol. The molecule has 2 aromatic rings. The van der Waals surface area contributed by atoms with Gasteiger partial charge in [0.25, 0.3) is 0 Å². The summed E-state index contributed by atoms with van der Waals surface area (Å²) in [5.74, 6) is 1.07. The minimum atomic E-state index is -3.35. The third-order valence-corrected chi connectivity index (χ3v) is 8.63. The number of aliphatic imine (C=N–C) groups is 2. The van der Waals surface area contributed by atoms with Gasteiger partial charge in [-0.05, 0) is 17.7 Å². The lowest BCUT2D eigenvalue weighted by Gasteiger charge is -2.34. The monoisotopic (exact) mass is 455 g/mol. The Hall–Kier alpha value is -1.96. The van der Waals surface area contributed by atoms with Gasteiger partial charge in [0.05, 0.1) is 11.5 Å². The van der Waals surface area contributed by atoms with Crippen molar-refractivity contribution in [1.29, 1.82) is 0 Å². The van der Waals surface area contributed by atoms with Crippen LogP contribution in [0.4, 0.5) is 0 Å². The maximum absolute atomic E-state index is 12.9. The molecular formula is C24H29N3O2S2. The summed E-state index contributed by atoms with van der Waals surface area (Å²) in [6.07, 6.45) is 3.53. The lowest BCUT2D eigenvalue weighted by molar-refractivity contribution is 0.248. The standard InChI is InChI=1S/C24H29N3O2S2/c1-2-3-18-30-23-22(21-12-8-5-9-13-21)25-24(26-23)14-16-27(17-15-24)31(28,29)19-20-10-6-4-7-11-20/h4-13H,2-3,14-19H2,1H3. The average Bonchev–Trinajstić information content (AvgIpc) is 3.13. The van der Waals surface area contributed by atoms with Crippen molar-refractivity contribution in [3.63, 3.8) is 0 Å². The minimum Gasteiger partial charge on any atom is -0.252 e. The minimum absolute atomic E-state index is 0.0424. The zero-order valence-corrected chi connectivity index (χ0v) is 19.5. The van der Waals surface area contributed by atoms with Crippen LogP contribution in [0.25, 0.3) is 0 Å². The molecule has 1 saturated heterocycles. The van der Waals surface area contributed by atoms with Crippen molar-refractivity contribution in [1.82, 2.24) is 4.31 Å². The molecule has 0 atom stereocenters. The molecule has 2 aromatic carbocycles. The van der Waals surface area contributed by atoms with Crippen LogP contribution >= 0.6 is 11.8 Å². The second kappa shape index (κ2) is 9.67. The van der Waals surface area contributed by atoms with Gasteiger partial charge in [0.15, 0.2) is 5.66 Å². The first-order valence-corrected chi connectivity index (χ1v) is 13.5. The molecular weight excluding hydrogens is 426 g/mol. The van der Waals surface area contributed by atoms with E-state index in [-0.39, 0.29) is 5.75 Å². The highest BCUT2D eigenvalue weighted by molar-refractivity contribution is 8.15. The van der Waals surface area contributed by atoms with Crippen LogP contribution < -0.4 is 0 Å². The quantitative estimate of drug-likeness (QED) is 0.567. The Morgan fingerprint density at radius 2 is 1.61 bits per heavy atom. The molecule has 0 N–H and O–H groups in total. The van der Waals surface area contributed by atoms with Crippen LogP contribution in [0.1, 0.15) is 43.7 Å². The van der Waals surface area contributed by atoms with Crippen LogP contribution in [-0.4, -0.2) is 48.0 Å². The summed E-state index contributed by atoms with van der Waals surface area (Å²) in [5, 5.41) is 1.00. The number of hydrogen-bond acceptors (Lipinski definition) is 5. The van der Waals surface area contributed by atoms with Gasteiger partial charge in [-0.25, -0.2) is 17.7 Å². The molecule has 7 heteroatoms. The molecule has 164 valence electrons. The Labute approximate surface area is 189 Å². The van der Waals surface area contributed by atoms with Gasteiger partial charge in [0.1, 0.15) is 5.04 Å². The van der Waals surface area contributed by atoms with Gasteiger partial charge in [0.2, 0.25) is 10.0 Å². The smallest absolute Gasteiger partial charge is 0.218 e. The highest BCUT2D eigenvalue weighted by Crippen LogP contribution is 2.36. The van der Waals surface area contributed by atoms with E-state index in [4.69, 9.17) is 9.98 Å². The topological polar surface area (TPSA) is 62.1 Å². The fraction of sp³-hybridized carbons (Fsp3) is 0.417. The highest BCUT2D eigenvalue weighted by atomic mass is 32.2. The Morgan fingerprint density at radius 3 is 2.26 bits per heavy atom. The van der Waals surface area contributed by atoms with Gasteiger partial charge in [0, 0.05) is 31.5 Å². The Balaban J connectivity index is 1.50. The first-order valence-electron chi connectivity index (χ1n) is 10.9. The molecule has 0 saturated carbocycles. The molecule has 1 fully saturated rings. The predicted octanol–water partition coefficient (Wildman–Crippen LogP) is 4.74. The van der Waals surface area contributed by atoms with Crippen molar-refractivity contribution in [2.45, 2.75) is 44.0 Å². The molecule has 0 aliphatic carbocycles. The van der Waals surface area contributed by atoms with Gasteiger partial charge < -0.3 is 0 Å². The SMILES string of the molecule is CCCCSC1=NC2(CCN(S(=O)(=O)Cc3ccccc3)CC2)N=C1c1ccccc1. The molecule has 0 radical (unpaired) electrons. The summed E-state index contributed by atoms with van der Waals surface area (Å²) >= 11 is 1.77. The number of piperidine rings is 1. The summed E-state index contributed by atoms with van der Waals surface area (Å²) in [6.45, 7) is 3.10. The van der Waals surface area contributed by atoms with E-state index >= 15 is 0 Å². The van der Waals surface area contributed by atoms with E-state index in [1.807, 2.05) is 48.5 Å². The van der Waals surface area contributed by atoms with Crippen LogP contribution in [-0.2, 0) is 15.8 Å². The van der Waals surface area contributed by atoms with E-state index in [0.29, 0.717) is 25.9 Å². The van der Waals surface area contributed by atoms with Gasteiger partial charge >= 0.3 is 0 Å². The summed E-state index contributed by atoms with van der Waals surface area (Å²) in [6, 6.07) is 19.6. The fourth-order valence-electron chi connectivity index (χ4n) is 3.94. The molecule has 0 unspecified atom stereocenters. The Kier molecular flexibility index (Phi) is 6.94. The summed E-state index contributed by atoms with van der Waals surface area (Å²) < 4.78 is 27.5. The Morgan fingerprint density at radius 1 is 0.968 bits per heavy atom. The molecule has 5 nitrogen and oxygen atoms in total. The number of thioether (sulfide) groups is 1. The molecule has 0 amide bonds. The van der Waals surface area contributed by atoms with E-state index < -0.39 is 15.7 Å². The second-order valence-electron chi connectivity index (χ2n) is 8.07. The number of hydrogen-bond donors (Lipinski definition) is 0. The molecule has 0 aromatic heterocycles. The lowest BCUT2D eigenvalue weighted by Crippen LogP contribution is -2.44. The summed E-state index contributed by atoms with van der Waals surface area (Å²) in [4.78, 5) is 10.1.